The number of benzene rings is 2. The second kappa shape index (κ2) is 7.54. The highest BCUT2D eigenvalue weighted by atomic mass is 19.1. The minimum atomic E-state index is -0.801. The molecule has 2 fully saturated rings. The van der Waals surface area contributed by atoms with Gasteiger partial charge in [-0.05, 0) is 55.2 Å². The van der Waals surface area contributed by atoms with Crippen LogP contribution in [0, 0.1) is 17.6 Å². The highest BCUT2D eigenvalue weighted by Crippen LogP contribution is 2.31. The lowest BCUT2D eigenvalue weighted by molar-refractivity contribution is 0.0754. The molecule has 2 N–H and O–H groups in total. The molecule has 0 spiro atoms. The Bertz CT molecular complexity index is 1050. The predicted molar refractivity (Wildman–Crippen MR) is 111 cm³/mol. The number of amides is 2. The Labute approximate surface area is 173 Å². The smallest absolute Gasteiger partial charge is 0.317 e. The molecule has 2 aliphatic rings. The topological polar surface area (TPSA) is 57.5 Å². The first-order valence-corrected chi connectivity index (χ1v) is 10.6. The molecule has 0 bridgehead atoms. The summed E-state index contributed by atoms with van der Waals surface area (Å²) < 4.78 is 29.5. The first kappa shape index (κ1) is 19.3. The molecule has 2 heterocycles. The van der Waals surface area contributed by atoms with Gasteiger partial charge in [-0.15, -0.1) is 0 Å². The first-order chi connectivity index (χ1) is 14.5. The monoisotopic (exact) mass is 413 g/mol. The van der Waals surface area contributed by atoms with E-state index in [1.165, 1.54) is 30.7 Å². The van der Waals surface area contributed by atoms with Gasteiger partial charge in [0.1, 0.15) is 11.6 Å². The lowest BCUT2D eigenvalue weighted by Gasteiger charge is -2.42. The van der Waals surface area contributed by atoms with Crippen LogP contribution in [0.5, 0.6) is 0 Å². The third-order valence-corrected chi connectivity index (χ3v) is 6.57. The Balaban J connectivity index is 1.40. The van der Waals surface area contributed by atoms with Gasteiger partial charge in [-0.25, -0.2) is 13.6 Å². The van der Waals surface area contributed by atoms with Gasteiger partial charge in [0.05, 0.1) is 19.2 Å². The number of hydrogen-bond acceptors (Lipinski definition) is 2. The van der Waals surface area contributed by atoms with Crippen molar-refractivity contribution in [3.63, 3.8) is 0 Å². The summed E-state index contributed by atoms with van der Waals surface area (Å²) in [5, 5.41) is 15.1. The average Bonchev–Trinajstić information content (AvgIpc) is 3.00. The number of aliphatic hydroxyl groups is 1. The van der Waals surface area contributed by atoms with Crippen LogP contribution in [0.1, 0.15) is 25.7 Å². The number of hydrogen-bond donors (Lipinski definition) is 2. The molecule has 5 nitrogen and oxygen atoms in total. The lowest BCUT2D eigenvalue weighted by atomic mass is 9.83. The number of carbonyl (C=O) groups excluding carboxylic acids is 1. The quantitative estimate of drug-likeness (QED) is 0.679. The van der Waals surface area contributed by atoms with Gasteiger partial charge in [0, 0.05) is 34.4 Å². The molecule has 3 unspecified atom stereocenters. The molecule has 158 valence electrons. The van der Waals surface area contributed by atoms with Crippen molar-refractivity contribution in [3.8, 4) is 0 Å². The molecular weight excluding hydrogens is 388 g/mol. The second-order valence-corrected chi connectivity index (χ2v) is 8.59. The van der Waals surface area contributed by atoms with Gasteiger partial charge in [0.15, 0.2) is 0 Å². The second-order valence-electron chi connectivity index (χ2n) is 8.59. The summed E-state index contributed by atoms with van der Waals surface area (Å²) in [4.78, 5) is 14.2. The van der Waals surface area contributed by atoms with Gasteiger partial charge in [-0.3, -0.25) is 0 Å². The third kappa shape index (κ3) is 3.41. The van der Waals surface area contributed by atoms with E-state index in [2.05, 4.69) is 5.32 Å². The fourth-order valence-corrected chi connectivity index (χ4v) is 5.16. The fraction of sp³-hybridized carbons (Fsp3) is 0.435. The van der Waals surface area contributed by atoms with Crippen molar-refractivity contribution in [1.29, 1.82) is 0 Å². The van der Waals surface area contributed by atoms with Crippen molar-refractivity contribution in [1.82, 2.24) is 14.8 Å². The summed E-state index contributed by atoms with van der Waals surface area (Å²) >= 11 is 0. The summed E-state index contributed by atoms with van der Waals surface area (Å²) in [5.41, 5.74) is 1.46. The molecule has 3 aromatic rings. The van der Waals surface area contributed by atoms with Crippen molar-refractivity contribution in [2.24, 2.45) is 5.92 Å². The number of rotatable bonds is 4. The van der Waals surface area contributed by atoms with Crippen LogP contribution in [-0.2, 0) is 6.54 Å². The zero-order valence-corrected chi connectivity index (χ0v) is 16.7. The summed E-state index contributed by atoms with van der Waals surface area (Å²) in [7, 11) is 0. The predicted octanol–water partition coefficient (Wildman–Crippen LogP) is 4.02. The van der Waals surface area contributed by atoms with Crippen LogP contribution >= 0.6 is 0 Å². The Kier molecular flexibility index (Phi) is 4.85. The van der Waals surface area contributed by atoms with E-state index in [9.17, 15) is 18.7 Å². The fourth-order valence-electron chi connectivity index (χ4n) is 5.16. The summed E-state index contributed by atoms with van der Waals surface area (Å²) in [6.45, 7) is 1.12. The van der Waals surface area contributed by atoms with Gasteiger partial charge >= 0.3 is 6.03 Å². The molecule has 2 aromatic carbocycles. The summed E-state index contributed by atoms with van der Waals surface area (Å²) in [6, 6.07) is 8.93. The molecule has 1 aliphatic heterocycles. The number of nitrogens with zero attached hydrogens (tertiary/aromatic N) is 2. The first-order valence-electron chi connectivity index (χ1n) is 10.6. The van der Waals surface area contributed by atoms with Crippen molar-refractivity contribution in [3.05, 3.63) is 48.0 Å². The Hall–Kier alpha value is -2.67. The Morgan fingerprint density at radius 1 is 1.00 bits per heavy atom. The normalized spacial score (nSPS) is 22.9. The van der Waals surface area contributed by atoms with E-state index in [0.717, 1.165) is 30.3 Å². The maximum absolute atomic E-state index is 13.8. The van der Waals surface area contributed by atoms with Crippen molar-refractivity contribution in [2.45, 2.75) is 44.4 Å². The molecular formula is C23H25F2N3O2. The maximum atomic E-state index is 13.8. The lowest BCUT2D eigenvalue weighted by Crippen LogP contribution is -2.59. The van der Waals surface area contributed by atoms with Crippen LogP contribution in [0.4, 0.5) is 13.6 Å². The van der Waals surface area contributed by atoms with Crippen molar-refractivity contribution < 1.29 is 18.7 Å². The highest BCUT2D eigenvalue weighted by Gasteiger charge is 2.35. The molecule has 5 rings (SSSR count). The Morgan fingerprint density at radius 3 is 2.30 bits per heavy atom. The zero-order chi connectivity index (χ0) is 20.8. The van der Waals surface area contributed by atoms with Gasteiger partial charge in [-0.1, -0.05) is 12.8 Å². The number of aliphatic hydroxyl groups excluding tert-OH is 1. The van der Waals surface area contributed by atoms with Gasteiger partial charge in [-0.2, -0.15) is 0 Å². The molecule has 1 aliphatic carbocycles. The highest BCUT2D eigenvalue weighted by molar-refractivity contribution is 6.08. The van der Waals surface area contributed by atoms with Crippen LogP contribution in [0.2, 0.25) is 0 Å². The maximum Gasteiger partial charge on any atom is 0.317 e. The number of fused-ring (bicyclic) bond motifs is 4. The number of β-amino-alcohol motifs (C(OH)–C–C–N with tert-alkyl or cyclic N) is 1. The third-order valence-electron chi connectivity index (χ3n) is 6.57. The van der Waals surface area contributed by atoms with Crippen LogP contribution in [0.25, 0.3) is 21.8 Å². The van der Waals surface area contributed by atoms with E-state index in [4.69, 9.17) is 0 Å². The van der Waals surface area contributed by atoms with Crippen LogP contribution in [0.3, 0.4) is 0 Å². The number of aromatic nitrogens is 1. The number of nitrogens with one attached hydrogen (secondary N) is 1. The number of carbonyl (C=O) groups is 1. The zero-order valence-electron chi connectivity index (χ0n) is 16.7. The van der Waals surface area contributed by atoms with Crippen LogP contribution < -0.4 is 5.32 Å². The average molecular weight is 413 g/mol. The minimum absolute atomic E-state index is 0.122. The van der Waals surface area contributed by atoms with E-state index in [-0.39, 0.29) is 25.2 Å². The minimum Gasteiger partial charge on any atom is -0.389 e. The molecule has 30 heavy (non-hydrogen) atoms. The molecule has 0 radical (unpaired) electrons. The van der Waals surface area contributed by atoms with E-state index >= 15 is 0 Å². The van der Waals surface area contributed by atoms with E-state index in [1.54, 1.807) is 17.0 Å². The van der Waals surface area contributed by atoms with E-state index in [1.807, 2.05) is 4.57 Å². The standard InChI is InChI=1S/C23H25F2N3O2/c24-15-5-7-21-18(9-15)19-10-16(25)6-8-22(19)28(21)13-17(29)12-27-11-14-3-1-2-4-20(14)26-23(27)30/h5-10,14,17,20,29H,1-4,11-13H2,(H,26,30). The Morgan fingerprint density at radius 2 is 1.63 bits per heavy atom. The van der Waals surface area contributed by atoms with Gasteiger partial charge in [0.2, 0.25) is 0 Å². The number of halogens is 2. The van der Waals surface area contributed by atoms with E-state index < -0.39 is 17.7 Å². The molecule has 1 saturated heterocycles. The van der Waals surface area contributed by atoms with E-state index in [0.29, 0.717) is 23.2 Å². The molecule has 1 saturated carbocycles. The van der Waals surface area contributed by atoms with Gasteiger partial charge in [0.25, 0.3) is 0 Å². The van der Waals surface area contributed by atoms with Crippen LogP contribution in [0.15, 0.2) is 36.4 Å². The molecule has 2 amide bonds. The molecule has 7 heteroatoms. The molecule has 1 aromatic heterocycles. The van der Waals surface area contributed by atoms with Crippen LogP contribution in [-0.4, -0.2) is 45.8 Å². The van der Waals surface area contributed by atoms with Crippen molar-refractivity contribution >= 4 is 27.8 Å². The van der Waals surface area contributed by atoms with Crippen molar-refractivity contribution in [2.75, 3.05) is 13.1 Å². The van der Waals surface area contributed by atoms with Gasteiger partial charge < -0.3 is 19.9 Å². The number of urea groups is 1. The summed E-state index contributed by atoms with van der Waals surface area (Å²) in [5.74, 6) is -0.348. The molecule has 3 atom stereocenters. The largest absolute Gasteiger partial charge is 0.389 e. The SMILES string of the molecule is O=C1NC2CCCCC2CN1CC(O)Cn1c2ccc(F)cc2c2cc(F)ccc21. The summed E-state index contributed by atoms with van der Waals surface area (Å²) in [6.07, 6.45) is 3.66.